The van der Waals surface area contributed by atoms with Gasteiger partial charge in [0.1, 0.15) is 17.5 Å². The highest BCUT2D eigenvalue weighted by Crippen LogP contribution is 2.17. The first-order valence-electron chi connectivity index (χ1n) is 4.36. The molecule has 0 aromatic carbocycles. The molecule has 0 unspecified atom stereocenters. The minimum atomic E-state index is 0.165. The van der Waals surface area contributed by atoms with Gasteiger partial charge in [0.15, 0.2) is 6.20 Å². The third kappa shape index (κ3) is 1.13. The fourth-order valence-corrected chi connectivity index (χ4v) is 1.49. The second kappa shape index (κ2) is 2.77. The van der Waals surface area contributed by atoms with Crippen LogP contribution in [0.1, 0.15) is 0 Å². The van der Waals surface area contributed by atoms with Crippen LogP contribution in [0.3, 0.4) is 0 Å². The van der Waals surface area contributed by atoms with Gasteiger partial charge in [-0.3, -0.25) is 0 Å². The number of aromatic amines is 2. The van der Waals surface area contributed by atoms with E-state index in [4.69, 9.17) is 5.73 Å². The fraction of sp³-hybridized carbons (Fsp3) is 0. The van der Waals surface area contributed by atoms with Crippen LogP contribution in [0.15, 0.2) is 24.8 Å². The summed E-state index contributed by atoms with van der Waals surface area (Å²) in [5.41, 5.74) is 7.97. The van der Waals surface area contributed by atoms with E-state index in [1.807, 2.05) is 23.1 Å². The Labute approximate surface area is 84.0 Å². The van der Waals surface area contributed by atoms with E-state index in [9.17, 15) is 0 Å². The highest BCUT2D eigenvalue weighted by atomic mass is 15.3. The lowest BCUT2D eigenvalue weighted by atomic mass is 10.2. The van der Waals surface area contributed by atoms with Gasteiger partial charge in [0, 0.05) is 0 Å². The van der Waals surface area contributed by atoms with Crippen LogP contribution in [0.25, 0.3) is 16.9 Å². The first-order chi connectivity index (χ1) is 7.34. The van der Waals surface area contributed by atoms with E-state index in [0.717, 1.165) is 11.2 Å². The maximum atomic E-state index is 5.47. The van der Waals surface area contributed by atoms with E-state index in [1.165, 1.54) is 0 Å². The maximum absolute atomic E-state index is 5.47. The molecule has 0 aliphatic rings. The van der Waals surface area contributed by atoms with Gasteiger partial charge in [-0.1, -0.05) is 0 Å². The lowest BCUT2D eigenvalue weighted by Gasteiger charge is -1.93. The quantitative estimate of drug-likeness (QED) is 0.464. The number of H-pyrrole nitrogens is 2. The molecule has 0 atom stereocenters. The third-order valence-electron chi connectivity index (χ3n) is 2.14. The zero-order valence-corrected chi connectivity index (χ0v) is 7.68. The summed E-state index contributed by atoms with van der Waals surface area (Å²) in [4.78, 5) is 7.19. The number of nitrogen functional groups attached to an aromatic ring is 1. The summed E-state index contributed by atoms with van der Waals surface area (Å²) in [6, 6.07) is 0. The summed E-state index contributed by atoms with van der Waals surface area (Å²) in [5.74, 6) is 0.165. The zero-order chi connectivity index (χ0) is 10.3. The molecular weight excluding hydrogens is 194 g/mol. The molecule has 0 aliphatic heterocycles. The predicted octanol–water partition coefficient (Wildman–Crippen LogP) is -0.484. The van der Waals surface area contributed by atoms with Crippen molar-refractivity contribution in [3.63, 3.8) is 0 Å². The fourth-order valence-electron chi connectivity index (χ4n) is 1.49. The lowest BCUT2D eigenvalue weighted by molar-refractivity contribution is -0.574. The highest BCUT2D eigenvalue weighted by molar-refractivity contribution is 5.70. The van der Waals surface area contributed by atoms with Gasteiger partial charge in [-0.2, -0.15) is 5.10 Å². The summed E-state index contributed by atoms with van der Waals surface area (Å²) in [7, 11) is 0. The summed E-state index contributed by atoms with van der Waals surface area (Å²) in [6.07, 6.45) is 7.10. The first-order valence-corrected chi connectivity index (χ1v) is 4.36. The summed E-state index contributed by atoms with van der Waals surface area (Å²) in [5, 5.41) is 10.4. The molecule has 0 amide bonds. The third-order valence-corrected chi connectivity index (χ3v) is 2.14. The number of anilines is 1. The molecule has 4 N–H and O–H groups in total. The summed E-state index contributed by atoms with van der Waals surface area (Å²) >= 11 is 0. The van der Waals surface area contributed by atoms with Crippen LogP contribution in [0, 0.1) is 0 Å². The number of rotatable bonds is 1. The largest absolute Gasteiger partial charge is 0.366 e. The van der Waals surface area contributed by atoms with Crippen molar-refractivity contribution in [1.29, 1.82) is 0 Å². The summed E-state index contributed by atoms with van der Waals surface area (Å²) < 4.78 is 1.84. The highest BCUT2D eigenvalue weighted by Gasteiger charge is 2.14. The van der Waals surface area contributed by atoms with Crippen LogP contribution in [-0.4, -0.2) is 25.3 Å². The van der Waals surface area contributed by atoms with Gasteiger partial charge in [-0.15, -0.1) is 9.61 Å². The van der Waals surface area contributed by atoms with Gasteiger partial charge in [0.25, 0.3) is 0 Å². The Hall–Kier alpha value is -2.44. The Morgan fingerprint density at radius 1 is 1.40 bits per heavy atom. The van der Waals surface area contributed by atoms with E-state index in [1.54, 1.807) is 6.20 Å². The standard InChI is InChI=1S/C8H7N7/c9-8-13-6(4-11-14-8)5-3-12-15-2-1-10-7(5)15/h1-4H,(H3,9,10,12,13,14)/p+1. The molecule has 0 radical (unpaired) electrons. The molecule has 0 bridgehead atoms. The second-order valence-electron chi connectivity index (χ2n) is 3.07. The lowest BCUT2D eigenvalue weighted by Crippen LogP contribution is -2.18. The van der Waals surface area contributed by atoms with E-state index in [-0.39, 0.29) is 5.95 Å². The van der Waals surface area contributed by atoms with Crippen molar-refractivity contribution in [2.75, 3.05) is 5.73 Å². The number of aromatic nitrogens is 6. The number of fused-ring (bicyclic) bond motifs is 1. The van der Waals surface area contributed by atoms with Crippen molar-refractivity contribution < 1.29 is 4.52 Å². The average Bonchev–Trinajstić information content (AvgIpc) is 2.77. The predicted molar refractivity (Wildman–Crippen MR) is 51.5 cm³/mol. The summed E-state index contributed by atoms with van der Waals surface area (Å²) in [6.45, 7) is 0. The molecule has 3 aromatic rings. The molecule has 0 fully saturated rings. The van der Waals surface area contributed by atoms with Crippen molar-refractivity contribution in [2.45, 2.75) is 0 Å². The van der Waals surface area contributed by atoms with Gasteiger partial charge < -0.3 is 5.73 Å². The average molecular weight is 202 g/mol. The SMILES string of the molecule is Nc1nncc(-c2c[nH][n+]3cc[nH]c23)n1. The Morgan fingerprint density at radius 3 is 3.20 bits per heavy atom. The van der Waals surface area contributed by atoms with Gasteiger partial charge in [-0.25, -0.2) is 15.1 Å². The van der Waals surface area contributed by atoms with Crippen molar-refractivity contribution in [3.8, 4) is 11.3 Å². The maximum Gasteiger partial charge on any atom is 0.314 e. The van der Waals surface area contributed by atoms with E-state index in [0.29, 0.717) is 5.69 Å². The molecule has 0 spiro atoms. The Balaban J connectivity index is 2.26. The van der Waals surface area contributed by atoms with Crippen LogP contribution in [0.5, 0.6) is 0 Å². The molecule has 3 heterocycles. The smallest absolute Gasteiger partial charge is 0.314 e. The van der Waals surface area contributed by atoms with E-state index < -0.39 is 0 Å². The van der Waals surface area contributed by atoms with Crippen LogP contribution >= 0.6 is 0 Å². The van der Waals surface area contributed by atoms with Crippen molar-refractivity contribution in [1.82, 2.24) is 25.3 Å². The van der Waals surface area contributed by atoms with Gasteiger partial charge in [0.2, 0.25) is 5.95 Å². The monoisotopic (exact) mass is 202 g/mol. The molecule has 0 aliphatic carbocycles. The molecular formula is C8H8N7+. The molecule has 0 saturated carbocycles. The van der Waals surface area contributed by atoms with E-state index >= 15 is 0 Å². The van der Waals surface area contributed by atoms with Crippen LogP contribution in [0.2, 0.25) is 0 Å². The molecule has 7 heteroatoms. The van der Waals surface area contributed by atoms with Crippen LogP contribution in [-0.2, 0) is 0 Å². The molecule has 15 heavy (non-hydrogen) atoms. The van der Waals surface area contributed by atoms with Crippen molar-refractivity contribution in [3.05, 3.63) is 24.8 Å². The number of nitrogens with two attached hydrogens (primary N) is 1. The van der Waals surface area contributed by atoms with Crippen molar-refractivity contribution >= 4 is 11.6 Å². The second-order valence-corrected chi connectivity index (χ2v) is 3.07. The first kappa shape index (κ1) is 7.92. The number of imidazole rings is 1. The Morgan fingerprint density at radius 2 is 2.33 bits per heavy atom. The molecule has 0 saturated heterocycles. The molecule has 74 valence electrons. The number of nitrogens with one attached hydrogen (secondary N) is 2. The molecule has 7 nitrogen and oxygen atoms in total. The van der Waals surface area contributed by atoms with Crippen LogP contribution in [0.4, 0.5) is 5.95 Å². The normalized spacial score (nSPS) is 10.9. The molecule has 3 aromatic heterocycles. The minimum Gasteiger partial charge on any atom is -0.366 e. The molecule has 3 rings (SSSR count). The number of hydrogen-bond donors (Lipinski definition) is 3. The van der Waals surface area contributed by atoms with E-state index in [2.05, 4.69) is 25.3 Å². The number of nitrogens with zero attached hydrogens (tertiary/aromatic N) is 4. The number of hydrogen-bond acceptors (Lipinski definition) is 4. The topological polar surface area (TPSA) is 100 Å². The minimum absolute atomic E-state index is 0.165. The Bertz CT molecular complexity index is 608. The van der Waals surface area contributed by atoms with Crippen molar-refractivity contribution in [2.24, 2.45) is 0 Å². The van der Waals surface area contributed by atoms with Crippen LogP contribution < -0.4 is 10.2 Å². The van der Waals surface area contributed by atoms with Gasteiger partial charge in [-0.05, 0) is 0 Å². The zero-order valence-electron chi connectivity index (χ0n) is 7.68. The van der Waals surface area contributed by atoms with Gasteiger partial charge in [0.05, 0.1) is 12.4 Å². The van der Waals surface area contributed by atoms with Gasteiger partial charge >= 0.3 is 5.65 Å². The Kier molecular flexibility index (Phi) is 1.46.